The Morgan fingerprint density at radius 2 is 1.79 bits per heavy atom. The van der Waals surface area contributed by atoms with E-state index in [1.54, 1.807) is 49.4 Å². The second-order valence-corrected chi connectivity index (χ2v) is 7.27. The van der Waals surface area contributed by atoms with Crippen LogP contribution in [0.2, 0.25) is 0 Å². The van der Waals surface area contributed by atoms with Crippen LogP contribution in [-0.4, -0.2) is 43.6 Å². The van der Waals surface area contributed by atoms with E-state index >= 15 is 0 Å². The number of esters is 2. The number of aryl methyl sites for hydroxylation is 1. The molecule has 172 valence electrons. The fourth-order valence-corrected chi connectivity index (χ4v) is 3.32. The van der Waals surface area contributed by atoms with Crippen LogP contribution in [0.1, 0.15) is 34.5 Å². The fraction of sp³-hybridized carbons (Fsp3) is 0.250. The number of benzene rings is 2. The fourth-order valence-electron chi connectivity index (χ4n) is 3.32. The lowest BCUT2D eigenvalue weighted by Crippen LogP contribution is -2.47. The molecule has 0 unspecified atom stereocenters. The van der Waals surface area contributed by atoms with Crippen molar-refractivity contribution < 1.29 is 28.7 Å². The van der Waals surface area contributed by atoms with Crippen molar-refractivity contribution in [1.82, 2.24) is 16.0 Å². The molecule has 1 aliphatic rings. The number of nitrogens with one attached hydrogen (secondary N) is 3. The smallest absolute Gasteiger partial charge is 0.338 e. The first kappa shape index (κ1) is 23.5. The van der Waals surface area contributed by atoms with Gasteiger partial charge in [-0.1, -0.05) is 48.0 Å². The molecule has 9 nitrogen and oxygen atoms in total. The molecule has 1 atom stereocenters. The molecule has 0 fully saturated rings. The molecule has 0 spiro atoms. The number of amides is 3. The highest BCUT2D eigenvalue weighted by atomic mass is 16.5. The Labute approximate surface area is 191 Å². The highest BCUT2D eigenvalue weighted by Crippen LogP contribution is 2.27. The summed E-state index contributed by atoms with van der Waals surface area (Å²) in [6, 6.07) is 14.5. The third-order valence-corrected chi connectivity index (χ3v) is 4.83. The monoisotopic (exact) mass is 451 g/mol. The minimum absolute atomic E-state index is 0.115. The Morgan fingerprint density at radius 3 is 2.48 bits per heavy atom. The second-order valence-electron chi connectivity index (χ2n) is 7.27. The van der Waals surface area contributed by atoms with Crippen molar-refractivity contribution in [3.63, 3.8) is 0 Å². The van der Waals surface area contributed by atoms with Gasteiger partial charge in [-0.25, -0.2) is 9.59 Å². The average molecular weight is 451 g/mol. The van der Waals surface area contributed by atoms with Crippen molar-refractivity contribution in [2.75, 3.05) is 19.8 Å². The van der Waals surface area contributed by atoms with Crippen molar-refractivity contribution in [3.05, 3.63) is 82.6 Å². The molecule has 0 saturated carbocycles. The predicted molar refractivity (Wildman–Crippen MR) is 119 cm³/mol. The van der Waals surface area contributed by atoms with Crippen LogP contribution in [0.5, 0.6) is 0 Å². The molecule has 0 aliphatic carbocycles. The van der Waals surface area contributed by atoms with Crippen LogP contribution in [0, 0.1) is 6.92 Å². The van der Waals surface area contributed by atoms with Gasteiger partial charge in [-0.2, -0.15) is 0 Å². The van der Waals surface area contributed by atoms with Gasteiger partial charge in [0.05, 0.1) is 23.9 Å². The molecule has 0 bridgehead atoms. The van der Waals surface area contributed by atoms with Crippen LogP contribution in [0.15, 0.2) is 65.9 Å². The summed E-state index contributed by atoms with van der Waals surface area (Å²) in [5.74, 6) is -1.78. The van der Waals surface area contributed by atoms with Crippen LogP contribution < -0.4 is 16.0 Å². The Bertz CT molecular complexity index is 1080. The maximum absolute atomic E-state index is 12.7. The normalized spacial score (nSPS) is 15.2. The second kappa shape index (κ2) is 10.9. The number of ether oxygens (including phenoxy) is 2. The molecule has 1 aliphatic heterocycles. The number of carbonyl (C=O) groups is 4. The Kier molecular flexibility index (Phi) is 7.80. The molecular formula is C24H25N3O6. The molecule has 0 aromatic heterocycles. The summed E-state index contributed by atoms with van der Waals surface area (Å²) in [6.07, 6.45) is 0. The molecule has 2 aromatic rings. The lowest BCUT2D eigenvalue weighted by atomic mass is 9.95. The third-order valence-electron chi connectivity index (χ3n) is 4.83. The zero-order chi connectivity index (χ0) is 23.8. The van der Waals surface area contributed by atoms with Gasteiger partial charge in [0.2, 0.25) is 0 Å². The molecule has 0 radical (unpaired) electrons. The lowest BCUT2D eigenvalue weighted by Gasteiger charge is -2.29. The van der Waals surface area contributed by atoms with Crippen LogP contribution in [0.3, 0.4) is 0 Å². The summed E-state index contributed by atoms with van der Waals surface area (Å²) in [6.45, 7) is 2.92. The molecule has 1 heterocycles. The standard InChI is InChI=1S/C24H25N3O6/c1-3-32-23(30)20-18(26-24(31)27-21(20)16-9-5-4-6-10-16)14-33-19(28)13-25-22(29)17-11-7-8-15(2)12-17/h4-12,21H,3,13-14H2,1-2H3,(H,25,29)(H2,26,27,31)/t21-/m1/s1. The van der Waals surface area contributed by atoms with E-state index in [9.17, 15) is 19.2 Å². The van der Waals surface area contributed by atoms with Crippen molar-refractivity contribution in [2.45, 2.75) is 19.9 Å². The van der Waals surface area contributed by atoms with Crippen LogP contribution >= 0.6 is 0 Å². The van der Waals surface area contributed by atoms with Crippen molar-refractivity contribution >= 4 is 23.9 Å². The highest BCUT2D eigenvalue weighted by molar-refractivity contribution is 5.96. The van der Waals surface area contributed by atoms with Crippen LogP contribution in [0.25, 0.3) is 0 Å². The van der Waals surface area contributed by atoms with Crippen LogP contribution in [-0.2, 0) is 19.1 Å². The number of rotatable bonds is 8. The first-order valence-corrected chi connectivity index (χ1v) is 10.4. The zero-order valence-corrected chi connectivity index (χ0v) is 18.3. The lowest BCUT2D eigenvalue weighted by molar-refractivity contribution is -0.142. The van der Waals surface area contributed by atoms with Gasteiger partial charge in [-0.05, 0) is 31.5 Å². The van der Waals surface area contributed by atoms with Gasteiger partial charge in [-0.15, -0.1) is 0 Å². The number of urea groups is 1. The molecule has 3 amide bonds. The first-order chi connectivity index (χ1) is 15.9. The van der Waals surface area contributed by atoms with Gasteiger partial charge >= 0.3 is 18.0 Å². The predicted octanol–water partition coefficient (Wildman–Crippen LogP) is 2.14. The summed E-state index contributed by atoms with van der Waals surface area (Å²) in [5.41, 5.74) is 2.26. The van der Waals surface area contributed by atoms with Crippen molar-refractivity contribution in [2.24, 2.45) is 0 Å². The molecular weight excluding hydrogens is 426 g/mol. The molecule has 9 heteroatoms. The summed E-state index contributed by atoms with van der Waals surface area (Å²) >= 11 is 0. The quantitative estimate of drug-likeness (QED) is 0.529. The first-order valence-electron chi connectivity index (χ1n) is 10.4. The molecule has 3 N–H and O–H groups in total. The molecule has 2 aromatic carbocycles. The van der Waals surface area contributed by atoms with Crippen molar-refractivity contribution in [3.8, 4) is 0 Å². The van der Waals surface area contributed by atoms with E-state index < -0.39 is 29.9 Å². The Hall–Kier alpha value is -4.14. The SMILES string of the molecule is CCOC(=O)C1=C(COC(=O)CNC(=O)c2cccc(C)c2)NC(=O)N[C@@H]1c1ccccc1. The minimum atomic E-state index is -0.770. The van der Waals surface area contributed by atoms with E-state index in [0.717, 1.165) is 5.56 Å². The van der Waals surface area contributed by atoms with E-state index in [2.05, 4.69) is 16.0 Å². The largest absolute Gasteiger partial charge is 0.463 e. The van der Waals surface area contributed by atoms with Gasteiger partial charge in [0.25, 0.3) is 5.91 Å². The van der Waals surface area contributed by atoms with Gasteiger partial charge in [0.15, 0.2) is 0 Å². The molecule has 3 rings (SSSR count). The Balaban J connectivity index is 1.71. The van der Waals surface area contributed by atoms with E-state index in [4.69, 9.17) is 9.47 Å². The van der Waals surface area contributed by atoms with Gasteiger partial charge in [-0.3, -0.25) is 9.59 Å². The van der Waals surface area contributed by atoms with E-state index in [1.165, 1.54) is 0 Å². The number of hydrogen-bond acceptors (Lipinski definition) is 6. The maximum Gasteiger partial charge on any atom is 0.338 e. The van der Waals surface area contributed by atoms with Gasteiger partial charge in [0.1, 0.15) is 13.2 Å². The van der Waals surface area contributed by atoms with Crippen LogP contribution in [0.4, 0.5) is 4.79 Å². The summed E-state index contributed by atoms with van der Waals surface area (Å²) in [4.78, 5) is 49.3. The number of carbonyl (C=O) groups excluding carboxylic acids is 4. The summed E-state index contributed by atoms with van der Waals surface area (Å²) in [7, 11) is 0. The topological polar surface area (TPSA) is 123 Å². The van der Waals surface area contributed by atoms with Gasteiger partial charge < -0.3 is 25.4 Å². The zero-order valence-electron chi connectivity index (χ0n) is 18.3. The average Bonchev–Trinajstić information content (AvgIpc) is 2.81. The minimum Gasteiger partial charge on any atom is -0.463 e. The van der Waals surface area contributed by atoms with Crippen molar-refractivity contribution in [1.29, 1.82) is 0 Å². The molecule has 33 heavy (non-hydrogen) atoms. The third kappa shape index (κ3) is 6.19. The Morgan fingerprint density at radius 1 is 1.03 bits per heavy atom. The van der Waals surface area contributed by atoms with E-state index in [0.29, 0.717) is 11.1 Å². The number of hydrogen-bond donors (Lipinski definition) is 3. The van der Waals surface area contributed by atoms with Gasteiger partial charge in [0, 0.05) is 5.56 Å². The highest BCUT2D eigenvalue weighted by Gasteiger charge is 2.34. The summed E-state index contributed by atoms with van der Waals surface area (Å²) < 4.78 is 10.4. The van der Waals surface area contributed by atoms with E-state index in [1.807, 2.05) is 19.1 Å². The maximum atomic E-state index is 12.7. The van der Waals surface area contributed by atoms with E-state index in [-0.39, 0.29) is 31.0 Å². The summed E-state index contributed by atoms with van der Waals surface area (Å²) in [5, 5.41) is 7.71. The molecule has 0 saturated heterocycles.